The Kier molecular flexibility index (Phi) is 8.40. The zero-order valence-electron chi connectivity index (χ0n) is 20.4. The van der Waals surface area contributed by atoms with Crippen molar-refractivity contribution in [1.82, 2.24) is 4.98 Å². The van der Waals surface area contributed by atoms with Crippen LogP contribution in [-0.4, -0.2) is 53.6 Å². The normalized spacial score (nSPS) is 11.1. The number of ether oxygens (including phenoxy) is 3. The molecule has 11 heteroatoms. The summed E-state index contributed by atoms with van der Waals surface area (Å²) in [7, 11) is 1.41. The molecule has 196 valence electrons. The van der Waals surface area contributed by atoms with Gasteiger partial charge in [-0.1, -0.05) is 12.1 Å². The smallest absolute Gasteiger partial charge is 0.341 e. The van der Waals surface area contributed by atoms with Crippen molar-refractivity contribution in [3.8, 4) is 39.4 Å². The topological polar surface area (TPSA) is 161 Å². The summed E-state index contributed by atoms with van der Waals surface area (Å²) in [6, 6.07) is 14.4. The van der Waals surface area contributed by atoms with Gasteiger partial charge < -0.3 is 34.6 Å². The molecule has 0 spiro atoms. The highest BCUT2D eigenvalue weighted by molar-refractivity contribution is 7.13. The maximum absolute atomic E-state index is 12.6. The van der Waals surface area contributed by atoms with Crippen molar-refractivity contribution >= 4 is 17.3 Å². The first-order valence-electron chi connectivity index (χ1n) is 11.4. The van der Waals surface area contributed by atoms with Gasteiger partial charge in [0.25, 0.3) is 0 Å². The maximum Gasteiger partial charge on any atom is 0.341 e. The number of pyridine rings is 1. The number of nitriles is 1. The van der Waals surface area contributed by atoms with Crippen LogP contribution in [0.2, 0.25) is 0 Å². The molecule has 0 amide bonds. The number of hydrogen-bond donors (Lipinski definition) is 3. The molecule has 4 aromatic rings. The highest BCUT2D eigenvalue weighted by Crippen LogP contribution is 2.35. The molecular formula is C27H25N3O7S. The fourth-order valence-corrected chi connectivity index (χ4v) is 4.19. The minimum atomic E-state index is -1.45. The average Bonchev–Trinajstić information content (AvgIpc) is 3.69. The van der Waals surface area contributed by atoms with Crippen LogP contribution in [0, 0.1) is 11.3 Å². The van der Waals surface area contributed by atoms with Crippen molar-refractivity contribution in [2.24, 2.45) is 5.73 Å². The van der Waals surface area contributed by atoms with Crippen LogP contribution in [0.4, 0.5) is 0 Å². The van der Waals surface area contributed by atoms with Crippen LogP contribution in [-0.2, 0) is 11.3 Å². The molecular weight excluding hydrogens is 510 g/mol. The molecule has 38 heavy (non-hydrogen) atoms. The summed E-state index contributed by atoms with van der Waals surface area (Å²) >= 11 is 1.52. The molecule has 0 aliphatic rings. The molecule has 1 aromatic carbocycles. The van der Waals surface area contributed by atoms with E-state index in [9.17, 15) is 20.3 Å². The number of furan rings is 1. The monoisotopic (exact) mass is 535 g/mol. The number of methoxy groups -OCH3 is 1. The van der Waals surface area contributed by atoms with Crippen molar-refractivity contribution in [1.29, 1.82) is 5.26 Å². The quantitative estimate of drug-likeness (QED) is 0.243. The molecule has 0 atom stereocenters. The van der Waals surface area contributed by atoms with E-state index in [1.165, 1.54) is 30.8 Å². The zero-order valence-corrected chi connectivity index (χ0v) is 21.2. The van der Waals surface area contributed by atoms with Gasteiger partial charge >= 0.3 is 5.97 Å². The van der Waals surface area contributed by atoms with Gasteiger partial charge in [0.1, 0.15) is 36.2 Å². The van der Waals surface area contributed by atoms with Crippen LogP contribution >= 0.6 is 11.3 Å². The van der Waals surface area contributed by atoms with Crippen molar-refractivity contribution in [2.75, 3.05) is 26.9 Å². The van der Waals surface area contributed by atoms with Crippen LogP contribution in [0.3, 0.4) is 0 Å². The number of benzene rings is 1. The molecule has 10 nitrogen and oxygen atoms in total. The first kappa shape index (κ1) is 26.8. The minimum Gasteiger partial charge on any atom is -0.496 e. The van der Waals surface area contributed by atoms with Crippen molar-refractivity contribution in [3.63, 3.8) is 0 Å². The number of carbonyl (C=O) groups excluding carboxylic acids is 1. The summed E-state index contributed by atoms with van der Waals surface area (Å²) < 4.78 is 21.8. The number of carbonyl (C=O) groups is 1. The van der Waals surface area contributed by atoms with Crippen LogP contribution in [0.15, 0.2) is 64.8 Å². The molecule has 0 aliphatic carbocycles. The third-order valence-electron chi connectivity index (χ3n) is 5.69. The Labute approximate surface area is 222 Å². The number of nitrogens with zero attached hydrogens (tertiary/aromatic N) is 2. The summed E-state index contributed by atoms with van der Waals surface area (Å²) in [6.07, 6.45) is 3.08. The van der Waals surface area contributed by atoms with Gasteiger partial charge in [-0.2, -0.15) is 5.26 Å². The van der Waals surface area contributed by atoms with E-state index in [1.807, 2.05) is 23.6 Å². The summed E-state index contributed by atoms with van der Waals surface area (Å²) in [4.78, 5) is 18.1. The third kappa shape index (κ3) is 5.85. The fourth-order valence-electron chi connectivity index (χ4n) is 3.50. The Morgan fingerprint density at radius 2 is 2.05 bits per heavy atom. The second-order valence-electron chi connectivity index (χ2n) is 8.41. The number of thiophene rings is 1. The number of aliphatic hydroxyl groups is 2. The van der Waals surface area contributed by atoms with Crippen LogP contribution < -0.4 is 15.2 Å². The molecule has 0 unspecified atom stereocenters. The molecule has 3 aromatic heterocycles. The first-order chi connectivity index (χ1) is 18.4. The number of rotatable bonds is 11. The lowest BCUT2D eigenvalue weighted by atomic mass is 10.0. The minimum absolute atomic E-state index is 0.0347. The van der Waals surface area contributed by atoms with E-state index in [2.05, 4.69) is 11.1 Å². The number of esters is 1. The second kappa shape index (κ2) is 11.9. The number of hydrogen-bond acceptors (Lipinski definition) is 11. The van der Waals surface area contributed by atoms with E-state index in [0.717, 1.165) is 10.4 Å². The second-order valence-corrected chi connectivity index (χ2v) is 9.36. The Bertz CT molecular complexity index is 1430. The highest BCUT2D eigenvalue weighted by Gasteiger charge is 2.26. The van der Waals surface area contributed by atoms with Gasteiger partial charge in [-0.25, -0.2) is 9.78 Å². The van der Waals surface area contributed by atoms with Crippen molar-refractivity contribution in [3.05, 3.63) is 77.1 Å². The Morgan fingerprint density at radius 3 is 2.68 bits per heavy atom. The summed E-state index contributed by atoms with van der Waals surface area (Å²) in [5.41, 5.74) is 7.36. The highest BCUT2D eigenvalue weighted by atomic mass is 32.1. The molecule has 3 heterocycles. The summed E-state index contributed by atoms with van der Waals surface area (Å²) in [5, 5.41) is 30.5. The van der Waals surface area contributed by atoms with Gasteiger partial charge in [0.15, 0.2) is 0 Å². The summed E-state index contributed by atoms with van der Waals surface area (Å²) in [6.45, 7) is -1.46. The summed E-state index contributed by atoms with van der Waals surface area (Å²) in [5.74, 6) is -0.344. The van der Waals surface area contributed by atoms with Gasteiger partial charge in [0.05, 0.1) is 49.0 Å². The van der Waals surface area contributed by atoms with Gasteiger partial charge in [-0.3, -0.25) is 0 Å². The molecule has 0 aliphatic heterocycles. The fraction of sp³-hybridized carbons (Fsp3) is 0.222. The standard InChI is InChI=1S/C27H25N3O7S/c1-34-23-9-17(4-5-19(23)26(33)37-16-27(29,14-31)15-32)12-36-25-21(11-28)20(18-6-7-35-13-18)10-22(30-25)24-3-2-8-38-24/h2-10,13,31-32H,12,14-16,29H2,1H3. The number of aliphatic hydroxyl groups excluding tert-OH is 2. The molecule has 0 saturated heterocycles. The van der Waals surface area contributed by atoms with E-state index in [-0.39, 0.29) is 36.0 Å². The predicted octanol–water partition coefficient (Wildman–Crippen LogP) is 3.37. The molecule has 0 fully saturated rings. The predicted molar refractivity (Wildman–Crippen MR) is 139 cm³/mol. The van der Waals surface area contributed by atoms with Gasteiger partial charge in [0, 0.05) is 11.1 Å². The van der Waals surface area contributed by atoms with Gasteiger partial charge in [-0.05, 0) is 41.3 Å². The lowest BCUT2D eigenvalue weighted by molar-refractivity contribution is 0.0207. The van der Waals surface area contributed by atoms with Crippen LogP contribution in [0.25, 0.3) is 21.7 Å². The van der Waals surface area contributed by atoms with E-state index in [1.54, 1.807) is 24.5 Å². The Morgan fingerprint density at radius 1 is 1.24 bits per heavy atom. The average molecular weight is 536 g/mol. The number of aromatic nitrogens is 1. The maximum atomic E-state index is 12.6. The van der Waals surface area contributed by atoms with E-state index < -0.39 is 24.7 Å². The largest absolute Gasteiger partial charge is 0.496 e. The third-order valence-corrected chi connectivity index (χ3v) is 6.58. The Balaban J connectivity index is 1.58. The lowest BCUT2D eigenvalue weighted by Crippen LogP contribution is -2.51. The van der Waals surface area contributed by atoms with Crippen molar-refractivity contribution < 1.29 is 33.6 Å². The SMILES string of the molecule is COc1cc(COc2nc(-c3cccs3)cc(-c3ccoc3)c2C#N)ccc1C(=O)OCC(N)(CO)CO. The number of nitrogens with two attached hydrogens (primary N) is 1. The molecule has 4 rings (SSSR count). The molecule has 0 bridgehead atoms. The van der Waals surface area contributed by atoms with Gasteiger partial charge in [0.2, 0.25) is 5.88 Å². The van der Waals surface area contributed by atoms with Crippen molar-refractivity contribution in [2.45, 2.75) is 12.1 Å². The van der Waals surface area contributed by atoms with E-state index in [0.29, 0.717) is 16.8 Å². The molecule has 4 N–H and O–H groups in total. The first-order valence-corrected chi connectivity index (χ1v) is 12.3. The molecule has 0 saturated carbocycles. The zero-order chi connectivity index (χ0) is 27.1. The van der Waals surface area contributed by atoms with Crippen LogP contribution in [0.1, 0.15) is 21.5 Å². The lowest BCUT2D eigenvalue weighted by Gasteiger charge is -2.24. The Hall–Kier alpha value is -4.21. The molecule has 0 radical (unpaired) electrons. The van der Waals surface area contributed by atoms with E-state index >= 15 is 0 Å². The van der Waals surface area contributed by atoms with Crippen LogP contribution in [0.5, 0.6) is 11.6 Å². The van der Waals surface area contributed by atoms with Gasteiger partial charge in [-0.15, -0.1) is 11.3 Å². The van der Waals surface area contributed by atoms with E-state index in [4.69, 9.17) is 24.4 Å².